The molecular weight excluding hydrogens is 450 g/mol. The summed E-state index contributed by atoms with van der Waals surface area (Å²) in [4.78, 5) is 5.17. The number of piperazine rings is 1. The topological polar surface area (TPSA) is 39.5 Å². The van der Waals surface area contributed by atoms with E-state index < -0.39 is 0 Å². The monoisotopic (exact) mass is 487 g/mol. The zero-order valence-electron chi connectivity index (χ0n) is 21.1. The molecule has 2 aromatic carbocycles. The average molecular weight is 488 g/mol. The molecule has 0 N–H and O–H groups in total. The SMILES string of the molecule is CCCCCC(c1ccc(C#N)c(C)c1)N1CCN(CCOc2cccc(-c3ccsc3)c2)CC1. The zero-order valence-corrected chi connectivity index (χ0v) is 21.9. The maximum Gasteiger partial charge on any atom is 0.119 e. The van der Waals surface area contributed by atoms with Crippen molar-refractivity contribution in [3.63, 3.8) is 0 Å². The first-order chi connectivity index (χ1) is 17.2. The van der Waals surface area contributed by atoms with Gasteiger partial charge in [-0.25, -0.2) is 0 Å². The summed E-state index contributed by atoms with van der Waals surface area (Å²) >= 11 is 1.72. The van der Waals surface area contributed by atoms with Crippen LogP contribution in [-0.2, 0) is 0 Å². The van der Waals surface area contributed by atoms with Crippen LogP contribution >= 0.6 is 11.3 Å². The third-order valence-electron chi connectivity index (χ3n) is 7.05. The molecule has 0 amide bonds. The summed E-state index contributed by atoms with van der Waals surface area (Å²) in [7, 11) is 0. The first-order valence-corrected chi connectivity index (χ1v) is 13.8. The highest BCUT2D eigenvalue weighted by molar-refractivity contribution is 7.08. The van der Waals surface area contributed by atoms with Gasteiger partial charge in [0.1, 0.15) is 12.4 Å². The van der Waals surface area contributed by atoms with Crippen LogP contribution < -0.4 is 4.74 Å². The second-order valence-corrected chi connectivity index (χ2v) is 10.2. The Kier molecular flexibility index (Phi) is 9.36. The number of hydrogen-bond acceptors (Lipinski definition) is 5. The Hall–Kier alpha value is -2.65. The Morgan fingerprint density at radius 2 is 1.89 bits per heavy atom. The van der Waals surface area contributed by atoms with Crippen molar-refractivity contribution >= 4 is 11.3 Å². The molecule has 184 valence electrons. The molecule has 1 aromatic heterocycles. The van der Waals surface area contributed by atoms with Crippen LogP contribution in [0.1, 0.15) is 55.3 Å². The van der Waals surface area contributed by atoms with Crippen molar-refractivity contribution in [1.29, 1.82) is 5.26 Å². The summed E-state index contributed by atoms with van der Waals surface area (Å²) in [6, 6.07) is 19.7. The van der Waals surface area contributed by atoms with Crippen LogP contribution in [0.25, 0.3) is 11.1 Å². The van der Waals surface area contributed by atoms with Crippen molar-refractivity contribution in [3.8, 4) is 22.9 Å². The number of aryl methyl sites for hydroxylation is 1. The molecule has 0 aliphatic carbocycles. The highest BCUT2D eigenvalue weighted by atomic mass is 32.1. The van der Waals surface area contributed by atoms with Crippen LogP contribution in [0.3, 0.4) is 0 Å². The summed E-state index contributed by atoms with van der Waals surface area (Å²) in [5.41, 5.74) is 5.70. The van der Waals surface area contributed by atoms with Gasteiger partial charge in [0, 0.05) is 38.8 Å². The lowest BCUT2D eigenvalue weighted by Gasteiger charge is -2.39. The Morgan fingerprint density at radius 3 is 2.60 bits per heavy atom. The number of nitriles is 1. The van der Waals surface area contributed by atoms with Gasteiger partial charge in [-0.3, -0.25) is 9.80 Å². The van der Waals surface area contributed by atoms with E-state index in [-0.39, 0.29) is 0 Å². The average Bonchev–Trinajstić information content (AvgIpc) is 3.43. The minimum Gasteiger partial charge on any atom is -0.492 e. The predicted octanol–water partition coefficient (Wildman–Crippen LogP) is 6.91. The zero-order chi connectivity index (χ0) is 24.5. The summed E-state index contributed by atoms with van der Waals surface area (Å²) in [6.45, 7) is 10.3. The second kappa shape index (κ2) is 12.9. The quantitative estimate of drug-likeness (QED) is 0.275. The fraction of sp³-hybridized carbons (Fsp3) is 0.433. The predicted molar refractivity (Wildman–Crippen MR) is 146 cm³/mol. The van der Waals surface area contributed by atoms with Gasteiger partial charge in [0.25, 0.3) is 0 Å². The van der Waals surface area contributed by atoms with E-state index in [2.05, 4.69) is 76.9 Å². The molecule has 0 spiro atoms. The van der Waals surface area contributed by atoms with Gasteiger partial charge in [0.2, 0.25) is 0 Å². The van der Waals surface area contributed by atoms with Gasteiger partial charge in [0.15, 0.2) is 0 Å². The Labute approximate surface area is 214 Å². The van der Waals surface area contributed by atoms with E-state index in [4.69, 9.17) is 4.74 Å². The molecule has 3 aromatic rings. The molecule has 1 saturated heterocycles. The maximum atomic E-state index is 9.32. The third kappa shape index (κ3) is 6.95. The van der Waals surface area contributed by atoms with Gasteiger partial charge in [0.05, 0.1) is 11.6 Å². The molecule has 35 heavy (non-hydrogen) atoms. The van der Waals surface area contributed by atoms with Crippen LogP contribution in [0.5, 0.6) is 5.75 Å². The van der Waals surface area contributed by atoms with E-state index in [0.717, 1.165) is 49.6 Å². The largest absolute Gasteiger partial charge is 0.492 e. The van der Waals surface area contributed by atoms with Crippen LogP contribution in [0.2, 0.25) is 0 Å². The van der Waals surface area contributed by atoms with E-state index in [1.54, 1.807) is 11.3 Å². The molecule has 2 heterocycles. The molecule has 1 atom stereocenters. The normalized spacial score (nSPS) is 15.6. The van der Waals surface area contributed by atoms with Gasteiger partial charge in [-0.2, -0.15) is 16.6 Å². The fourth-order valence-corrected chi connectivity index (χ4v) is 5.62. The molecule has 0 saturated carbocycles. The minimum atomic E-state index is 0.436. The molecule has 0 radical (unpaired) electrons. The van der Waals surface area contributed by atoms with Crippen molar-refractivity contribution in [1.82, 2.24) is 9.80 Å². The first kappa shape index (κ1) is 25.4. The molecule has 0 bridgehead atoms. The number of benzene rings is 2. The number of ether oxygens (including phenoxy) is 1. The van der Waals surface area contributed by atoms with Crippen LogP contribution in [0.4, 0.5) is 0 Å². The van der Waals surface area contributed by atoms with E-state index >= 15 is 0 Å². The molecule has 4 rings (SSSR count). The Morgan fingerprint density at radius 1 is 1.03 bits per heavy atom. The summed E-state index contributed by atoms with van der Waals surface area (Å²) in [5, 5.41) is 13.6. The van der Waals surface area contributed by atoms with Gasteiger partial charge in [-0.1, -0.05) is 50.5 Å². The third-order valence-corrected chi connectivity index (χ3v) is 7.73. The lowest BCUT2D eigenvalue weighted by atomic mass is 9.95. The van der Waals surface area contributed by atoms with Crippen LogP contribution in [0, 0.1) is 18.3 Å². The van der Waals surface area contributed by atoms with Crippen molar-refractivity contribution in [2.45, 2.75) is 45.6 Å². The molecule has 5 heteroatoms. The highest BCUT2D eigenvalue weighted by Crippen LogP contribution is 2.29. The lowest BCUT2D eigenvalue weighted by molar-refractivity contribution is 0.0817. The first-order valence-electron chi connectivity index (χ1n) is 12.9. The second-order valence-electron chi connectivity index (χ2n) is 9.46. The smallest absolute Gasteiger partial charge is 0.119 e. The van der Waals surface area contributed by atoms with Crippen molar-refractivity contribution in [3.05, 3.63) is 76.0 Å². The number of nitrogens with zero attached hydrogens (tertiary/aromatic N) is 3. The van der Waals surface area contributed by atoms with Crippen LogP contribution in [-0.4, -0.2) is 49.1 Å². The van der Waals surface area contributed by atoms with E-state index in [1.165, 1.54) is 42.4 Å². The molecule has 1 unspecified atom stereocenters. The van der Waals surface area contributed by atoms with E-state index in [0.29, 0.717) is 12.6 Å². The number of rotatable bonds is 11. The number of hydrogen-bond donors (Lipinski definition) is 0. The standard InChI is InChI=1S/C30H37N3OS/c1-3-4-5-9-30(26-10-11-27(22-31)24(2)20-26)33-15-13-32(14-16-33)17-18-34-29-8-6-7-25(21-29)28-12-19-35-23-28/h6-8,10-12,19-21,23,30H,3-5,9,13-18H2,1-2H3. The summed E-state index contributed by atoms with van der Waals surface area (Å²) in [5.74, 6) is 0.944. The number of unbranched alkanes of at least 4 members (excludes halogenated alkanes) is 2. The molecule has 4 nitrogen and oxygen atoms in total. The Balaban J connectivity index is 1.29. The molecule has 1 aliphatic heterocycles. The lowest BCUT2D eigenvalue weighted by Crippen LogP contribution is -2.48. The Bertz CT molecular complexity index is 1100. The summed E-state index contributed by atoms with van der Waals surface area (Å²) in [6.07, 6.45) is 4.95. The van der Waals surface area contributed by atoms with Gasteiger partial charge in [-0.05, 0) is 70.6 Å². The highest BCUT2D eigenvalue weighted by Gasteiger charge is 2.25. The van der Waals surface area contributed by atoms with Gasteiger partial charge >= 0.3 is 0 Å². The van der Waals surface area contributed by atoms with Crippen molar-refractivity contribution in [2.24, 2.45) is 0 Å². The maximum absolute atomic E-state index is 9.32. The van der Waals surface area contributed by atoms with Crippen LogP contribution in [0.15, 0.2) is 59.3 Å². The summed E-state index contributed by atoms with van der Waals surface area (Å²) < 4.78 is 6.11. The van der Waals surface area contributed by atoms with Gasteiger partial charge < -0.3 is 4.74 Å². The molecular formula is C30H37N3OS. The van der Waals surface area contributed by atoms with Crippen molar-refractivity contribution < 1.29 is 4.74 Å². The minimum absolute atomic E-state index is 0.436. The number of thiophene rings is 1. The van der Waals surface area contributed by atoms with Crippen molar-refractivity contribution in [2.75, 3.05) is 39.3 Å². The molecule has 1 fully saturated rings. The van der Waals surface area contributed by atoms with Gasteiger partial charge in [-0.15, -0.1) is 0 Å². The molecule has 1 aliphatic rings. The van der Waals surface area contributed by atoms with E-state index in [1.807, 2.05) is 12.1 Å². The van der Waals surface area contributed by atoms with E-state index in [9.17, 15) is 5.26 Å². The fourth-order valence-electron chi connectivity index (χ4n) is 4.95.